The van der Waals surface area contributed by atoms with Crippen LogP contribution in [-0.2, 0) is 0 Å². The van der Waals surface area contributed by atoms with Crippen molar-refractivity contribution in [3.8, 4) is 0 Å². The summed E-state index contributed by atoms with van der Waals surface area (Å²) in [4.78, 5) is 0. The number of hydrogen-bond acceptors (Lipinski definition) is 0. The van der Waals surface area contributed by atoms with E-state index in [0.717, 1.165) is 0 Å². The number of halogens is 2. The minimum atomic E-state index is -0.492. The molecule has 0 aromatic rings. The zero-order chi connectivity index (χ0) is 12.1. The average molecular weight is 216 g/mol. The molecule has 0 saturated heterocycles. The van der Waals surface area contributed by atoms with Crippen molar-refractivity contribution in [2.75, 3.05) is 0 Å². The Hall–Kier alpha value is -0.660. The minimum absolute atomic E-state index is 0.0589. The molecule has 1 aliphatic rings. The molecule has 0 atom stereocenters. The van der Waals surface area contributed by atoms with Crippen LogP contribution in [0.1, 0.15) is 47.5 Å². The highest BCUT2D eigenvalue weighted by molar-refractivity contribution is 5.15. The molecule has 0 fully saturated rings. The van der Waals surface area contributed by atoms with Gasteiger partial charge >= 0.3 is 0 Å². The fourth-order valence-electron chi connectivity index (χ4n) is 1.70. The van der Waals surface area contributed by atoms with Crippen molar-refractivity contribution in [1.82, 2.24) is 0 Å². The molecule has 0 nitrogen and oxygen atoms in total. The van der Waals surface area contributed by atoms with Gasteiger partial charge in [-0.2, -0.15) is 0 Å². The van der Waals surface area contributed by atoms with Gasteiger partial charge in [-0.25, -0.2) is 8.78 Å². The van der Waals surface area contributed by atoms with Gasteiger partial charge in [0.2, 0.25) is 0 Å². The lowest BCUT2D eigenvalue weighted by Crippen LogP contribution is -2.09. The molecule has 15 heavy (non-hydrogen) atoms. The largest absolute Gasteiger partial charge is 0.212 e. The quantitative estimate of drug-likeness (QED) is 0.523. The van der Waals surface area contributed by atoms with Gasteiger partial charge in [0.25, 0.3) is 0 Å². The summed E-state index contributed by atoms with van der Waals surface area (Å²) < 4.78 is 26.4. The highest BCUT2D eigenvalue weighted by Crippen LogP contribution is 2.32. The SMILES string of the molecule is CC.CC1C/C(F)=C\C(C)(C)/C=C(/F)C1. The molecule has 0 amide bonds. The normalized spacial score (nSPS) is 32.1. The first-order chi connectivity index (χ1) is 6.89. The van der Waals surface area contributed by atoms with Gasteiger partial charge in [-0.1, -0.05) is 34.6 Å². The van der Waals surface area contributed by atoms with E-state index < -0.39 is 5.41 Å². The molecule has 0 aromatic heterocycles. The number of allylic oxidation sites excluding steroid dienone is 4. The molecule has 0 heterocycles. The second kappa shape index (κ2) is 6.04. The third-order valence-electron chi connectivity index (χ3n) is 2.14. The Morgan fingerprint density at radius 2 is 1.40 bits per heavy atom. The summed E-state index contributed by atoms with van der Waals surface area (Å²) in [5, 5.41) is 0. The van der Waals surface area contributed by atoms with Crippen LogP contribution in [0.4, 0.5) is 8.78 Å². The second-order valence-electron chi connectivity index (χ2n) is 4.52. The highest BCUT2D eigenvalue weighted by Gasteiger charge is 2.20. The van der Waals surface area contributed by atoms with Crippen molar-refractivity contribution in [3.63, 3.8) is 0 Å². The van der Waals surface area contributed by atoms with E-state index >= 15 is 0 Å². The predicted molar refractivity (Wildman–Crippen MR) is 61.9 cm³/mol. The Kier molecular flexibility index (Phi) is 5.77. The first-order valence-electron chi connectivity index (χ1n) is 5.63. The third-order valence-corrected chi connectivity index (χ3v) is 2.14. The second-order valence-corrected chi connectivity index (χ2v) is 4.52. The van der Waals surface area contributed by atoms with E-state index in [9.17, 15) is 8.78 Å². The van der Waals surface area contributed by atoms with Crippen LogP contribution in [0.2, 0.25) is 0 Å². The van der Waals surface area contributed by atoms with E-state index in [0.29, 0.717) is 12.8 Å². The standard InChI is InChI=1S/C11H16F2.C2H6/c1-8-4-9(12)6-11(2,3)7-10(13)5-8;1-2/h6-8H,4-5H2,1-3H3;1-2H3/b9-6+,10-7+;. The molecule has 0 aliphatic heterocycles. The lowest BCUT2D eigenvalue weighted by Gasteiger charge is -2.20. The van der Waals surface area contributed by atoms with Gasteiger partial charge < -0.3 is 0 Å². The van der Waals surface area contributed by atoms with Crippen molar-refractivity contribution in [2.45, 2.75) is 47.5 Å². The summed E-state index contributed by atoms with van der Waals surface area (Å²) in [6.07, 6.45) is 3.71. The summed E-state index contributed by atoms with van der Waals surface area (Å²) in [5.41, 5.74) is -0.492. The lowest BCUT2D eigenvalue weighted by molar-refractivity contribution is 0.413. The van der Waals surface area contributed by atoms with Gasteiger partial charge in [0.05, 0.1) is 11.7 Å². The van der Waals surface area contributed by atoms with Crippen molar-refractivity contribution in [2.24, 2.45) is 11.3 Å². The van der Waals surface area contributed by atoms with Crippen LogP contribution in [0, 0.1) is 11.3 Å². The monoisotopic (exact) mass is 216 g/mol. The first kappa shape index (κ1) is 14.3. The summed E-state index contributed by atoms with van der Waals surface area (Å²) in [6, 6.07) is 0. The van der Waals surface area contributed by atoms with Gasteiger partial charge in [-0.15, -0.1) is 0 Å². The maximum absolute atomic E-state index is 13.2. The smallest absolute Gasteiger partial charge is 0.0971 e. The Labute approximate surface area is 92.1 Å². The van der Waals surface area contributed by atoms with Crippen LogP contribution < -0.4 is 0 Å². The molecule has 1 aliphatic carbocycles. The van der Waals surface area contributed by atoms with Gasteiger partial charge in [0, 0.05) is 18.3 Å². The molecule has 1 rings (SSSR count). The topological polar surface area (TPSA) is 0 Å². The van der Waals surface area contributed by atoms with E-state index in [1.54, 1.807) is 0 Å². The molecule has 88 valence electrons. The van der Waals surface area contributed by atoms with Crippen LogP contribution in [0.5, 0.6) is 0 Å². The molecule has 0 bridgehead atoms. The number of hydrogen-bond donors (Lipinski definition) is 0. The first-order valence-corrected chi connectivity index (χ1v) is 5.63. The van der Waals surface area contributed by atoms with Crippen molar-refractivity contribution >= 4 is 0 Å². The zero-order valence-corrected chi connectivity index (χ0v) is 10.4. The minimum Gasteiger partial charge on any atom is -0.212 e. The average Bonchev–Trinajstić information content (AvgIpc) is 2.01. The molecular formula is C13H22F2. The highest BCUT2D eigenvalue weighted by atomic mass is 19.1. The Morgan fingerprint density at radius 1 is 1.07 bits per heavy atom. The van der Waals surface area contributed by atoms with Crippen molar-refractivity contribution in [1.29, 1.82) is 0 Å². The molecule has 0 radical (unpaired) electrons. The van der Waals surface area contributed by atoms with Crippen LogP contribution in [0.15, 0.2) is 23.8 Å². The Bertz CT molecular complexity index is 225. The molecule has 2 heteroatoms. The van der Waals surface area contributed by atoms with E-state index in [1.807, 2.05) is 34.6 Å². The lowest BCUT2D eigenvalue weighted by atomic mass is 9.87. The molecule has 0 unspecified atom stereocenters. The summed E-state index contributed by atoms with van der Waals surface area (Å²) in [6.45, 7) is 9.48. The fraction of sp³-hybridized carbons (Fsp3) is 0.692. The van der Waals surface area contributed by atoms with Crippen LogP contribution >= 0.6 is 0 Å². The van der Waals surface area contributed by atoms with E-state index in [1.165, 1.54) is 12.2 Å². The van der Waals surface area contributed by atoms with Crippen LogP contribution in [-0.4, -0.2) is 0 Å². The van der Waals surface area contributed by atoms with Gasteiger partial charge in [-0.3, -0.25) is 0 Å². The van der Waals surface area contributed by atoms with Crippen molar-refractivity contribution in [3.05, 3.63) is 23.8 Å². The zero-order valence-electron chi connectivity index (χ0n) is 10.4. The van der Waals surface area contributed by atoms with E-state index in [2.05, 4.69) is 0 Å². The van der Waals surface area contributed by atoms with Crippen LogP contribution in [0.3, 0.4) is 0 Å². The summed E-state index contributed by atoms with van der Waals surface area (Å²) in [7, 11) is 0. The van der Waals surface area contributed by atoms with Crippen LogP contribution in [0.25, 0.3) is 0 Å². The molecular weight excluding hydrogens is 194 g/mol. The molecule has 0 aromatic carbocycles. The molecule has 0 N–H and O–H groups in total. The number of rotatable bonds is 0. The Morgan fingerprint density at radius 3 is 1.73 bits per heavy atom. The van der Waals surface area contributed by atoms with Gasteiger partial charge in [0.1, 0.15) is 0 Å². The molecule has 0 spiro atoms. The van der Waals surface area contributed by atoms with Gasteiger partial charge in [0.15, 0.2) is 0 Å². The third kappa shape index (κ3) is 5.71. The Balaban J connectivity index is 0.000000921. The summed E-state index contributed by atoms with van der Waals surface area (Å²) >= 11 is 0. The molecule has 0 saturated carbocycles. The summed E-state index contributed by atoms with van der Waals surface area (Å²) in [5.74, 6) is -0.189. The predicted octanol–water partition coefficient (Wildman–Crippen LogP) is 5.18. The van der Waals surface area contributed by atoms with E-state index in [4.69, 9.17) is 0 Å². The van der Waals surface area contributed by atoms with Crippen molar-refractivity contribution < 1.29 is 8.78 Å². The fourth-order valence-corrected chi connectivity index (χ4v) is 1.70. The van der Waals surface area contributed by atoms with E-state index in [-0.39, 0.29) is 17.6 Å². The maximum Gasteiger partial charge on any atom is 0.0971 e. The maximum atomic E-state index is 13.2. The van der Waals surface area contributed by atoms with Gasteiger partial charge in [-0.05, 0) is 18.1 Å².